The van der Waals surface area contributed by atoms with Crippen LogP contribution in [0.2, 0.25) is 0 Å². The minimum Gasteiger partial charge on any atom is -0.463 e. The number of pyridine rings is 1. The second-order valence-corrected chi connectivity index (χ2v) is 8.87. The van der Waals surface area contributed by atoms with E-state index in [0.29, 0.717) is 42.3 Å². The van der Waals surface area contributed by atoms with Crippen LogP contribution in [-0.2, 0) is 4.79 Å². The first kappa shape index (κ1) is 25.0. The molecule has 5 rings (SSSR count). The Balaban J connectivity index is 0.000000256. The Morgan fingerprint density at radius 2 is 1.94 bits per heavy atom. The summed E-state index contributed by atoms with van der Waals surface area (Å²) in [6, 6.07) is 17.3. The molecule has 0 saturated carbocycles. The lowest BCUT2D eigenvalue weighted by molar-refractivity contribution is -0.105. The number of anilines is 3. The smallest absolute Gasteiger partial charge is 0.254 e. The molecule has 1 fully saturated rings. The summed E-state index contributed by atoms with van der Waals surface area (Å²) < 4.78 is 5.88. The summed E-state index contributed by atoms with van der Waals surface area (Å²) in [5, 5.41) is 9.04. The molecule has 36 heavy (non-hydrogen) atoms. The molecule has 0 spiro atoms. The lowest BCUT2D eigenvalue weighted by Gasteiger charge is -2.28. The number of rotatable bonds is 5. The van der Waals surface area contributed by atoms with E-state index in [9.17, 15) is 9.59 Å². The fourth-order valence-electron chi connectivity index (χ4n) is 4.06. The zero-order chi connectivity index (χ0) is 25.5. The number of hydrogen-bond donors (Lipinski definition) is 3. The molecule has 2 aromatic carbocycles. The molecule has 1 aromatic heterocycles. The number of benzene rings is 2. The molecule has 1 unspecified atom stereocenters. The molecule has 0 bridgehead atoms. The zero-order valence-electron chi connectivity index (χ0n) is 20.8. The predicted molar refractivity (Wildman–Crippen MR) is 142 cm³/mol. The van der Waals surface area contributed by atoms with Crippen molar-refractivity contribution in [1.82, 2.24) is 15.2 Å². The number of ether oxygens (including phenoxy) is 1. The highest BCUT2D eigenvalue weighted by molar-refractivity contribution is 5.96. The third-order valence-electron chi connectivity index (χ3n) is 5.94. The molecule has 2 amide bonds. The highest BCUT2D eigenvalue weighted by Gasteiger charge is 2.26. The molecule has 9 heteroatoms. The standard InChI is InChI=1S/C18H19N5O3.C9H13N/c24-11-21-14-9-12(17-22-16-15(26-17)2-1-3-20-16)8-13(10-14)18(25)23-6-4-19-5-7-23;1-8-5-4-6-9(7-8)10(2)3/h1-3,8-11,17,19H,4-7H2,(H,20,22)(H,21,24);4-7H,1-3H3. The van der Waals surface area contributed by atoms with Gasteiger partial charge in [0.25, 0.3) is 5.91 Å². The first-order valence-electron chi connectivity index (χ1n) is 11.9. The van der Waals surface area contributed by atoms with E-state index < -0.39 is 6.23 Å². The normalized spacial score (nSPS) is 16.0. The molecule has 0 radical (unpaired) electrons. The third-order valence-corrected chi connectivity index (χ3v) is 5.94. The van der Waals surface area contributed by atoms with Gasteiger partial charge in [-0.05, 0) is 55.0 Å². The molecule has 2 aliphatic heterocycles. The molecule has 188 valence electrons. The number of aromatic nitrogens is 1. The number of nitrogens with zero attached hydrogens (tertiary/aromatic N) is 3. The summed E-state index contributed by atoms with van der Waals surface area (Å²) in [4.78, 5) is 31.9. The van der Waals surface area contributed by atoms with Gasteiger partial charge in [-0.25, -0.2) is 4.98 Å². The first-order valence-corrected chi connectivity index (χ1v) is 11.9. The van der Waals surface area contributed by atoms with E-state index in [-0.39, 0.29) is 5.91 Å². The van der Waals surface area contributed by atoms with Gasteiger partial charge in [0.15, 0.2) is 17.8 Å². The quantitative estimate of drug-likeness (QED) is 0.474. The minimum atomic E-state index is -0.470. The first-order chi connectivity index (χ1) is 17.4. The second kappa shape index (κ2) is 11.5. The Labute approximate surface area is 211 Å². The molecule has 2 aliphatic rings. The van der Waals surface area contributed by atoms with Gasteiger partial charge in [-0.1, -0.05) is 12.1 Å². The van der Waals surface area contributed by atoms with Gasteiger partial charge in [0.2, 0.25) is 6.41 Å². The van der Waals surface area contributed by atoms with Crippen molar-refractivity contribution in [2.45, 2.75) is 13.2 Å². The SMILES string of the molecule is Cc1cccc(N(C)C)c1.O=CNc1cc(C(=O)N2CCNCC2)cc(C2Nc3ncccc3O2)c1. The van der Waals surface area contributed by atoms with Gasteiger partial charge < -0.3 is 30.5 Å². The van der Waals surface area contributed by atoms with Gasteiger partial charge in [-0.3, -0.25) is 9.59 Å². The van der Waals surface area contributed by atoms with Crippen LogP contribution in [0.4, 0.5) is 17.2 Å². The Bertz CT molecular complexity index is 1180. The maximum absolute atomic E-state index is 12.9. The number of aryl methyl sites for hydroxylation is 1. The van der Waals surface area contributed by atoms with Crippen molar-refractivity contribution in [3.05, 3.63) is 77.5 Å². The summed E-state index contributed by atoms with van der Waals surface area (Å²) >= 11 is 0. The van der Waals surface area contributed by atoms with Crippen LogP contribution in [0.15, 0.2) is 60.8 Å². The van der Waals surface area contributed by atoms with Crippen LogP contribution in [0.25, 0.3) is 0 Å². The third kappa shape index (κ3) is 6.11. The van der Waals surface area contributed by atoms with Crippen molar-refractivity contribution < 1.29 is 14.3 Å². The molecular weight excluding hydrogens is 456 g/mol. The summed E-state index contributed by atoms with van der Waals surface area (Å²) in [7, 11) is 4.10. The molecule has 9 nitrogen and oxygen atoms in total. The average molecular weight is 489 g/mol. The number of nitrogens with one attached hydrogen (secondary N) is 3. The molecule has 3 heterocycles. The Kier molecular flexibility index (Phi) is 8.02. The molecular formula is C27H32N6O3. The van der Waals surface area contributed by atoms with Crippen molar-refractivity contribution >= 4 is 29.5 Å². The molecule has 3 N–H and O–H groups in total. The van der Waals surface area contributed by atoms with Crippen molar-refractivity contribution in [2.75, 3.05) is 55.8 Å². The molecule has 1 saturated heterocycles. The van der Waals surface area contributed by atoms with Crippen molar-refractivity contribution in [3.63, 3.8) is 0 Å². The van der Waals surface area contributed by atoms with Crippen LogP contribution >= 0.6 is 0 Å². The molecule has 1 atom stereocenters. The number of piperazine rings is 1. The highest BCUT2D eigenvalue weighted by Crippen LogP contribution is 2.36. The summed E-state index contributed by atoms with van der Waals surface area (Å²) in [6.07, 6.45) is 1.81. The van der Waals surface area contributed by atoms with Crippen LogP contribution in [0.5, 0.6) is 5.75 Å². The maximum Gasteiger partial charge on any atom is 0.254 e. The highest BCUT2D eigenvalue weighted by atomic mass is 16.5. The van der Waals surface area contributed by atoms with Gasteiger partial charge in [-0.2, -0.15) is 0 Å². The fraction of sp³-hybridized carbons (Fsp3) is 0.296. The summed E-state index contributed by atoms with van der Waals surface area (Å²) in [5.74, 6) is 1.25. The van der Waals surface area contributed by atoms with Crippen LogP contribution in [0.1, 0.15) is 27.7 Å². The largest absolute Gasteiger partial charge is 0.463 e. The summed E-state index contributed by atoms with van der Waals surface area (Å²) in [5.41, 5.74) is 4.38. The Morgan fingerprint density at radius 3 is 2.61 bits per heavy atom. The monoisotopic (exact) mass is 488 g/mol. The number of carbonyl (C=O) groups is 2. The number of amides is 2. The molecule has 3 aromatic rings. The van der Waals surface area contributed by atoms with Gasteiger partial charge in [0.1, 0.15) is 0 Å². The van der Waals surface area contributed by atoms with E-state index >= 15 is 0 Å². The average Bonchev–Trinajstić information content (AvgIpc) is 3.34. The lowest BCUT2D eigenvalue weighted by Crippen LogP contribution is -2.46. The van der Waals surface area contributed by atoms with Crippen LogP contribution in [-0.4, -0.2) is 62.5 Å². The number of hydrogen-bond acceptors (Lipinski definition) is 7. The minimum absolute atomic E-state index is 0.0593. The van der Waals surface area contributed by atoms with Crippen molar-refractivity contribution in [2.24, 2.45) is 0 Å². The van der Waals surface area contributed by atoms with Gasteiger partial charge in [-0.15, -0.1) is 0 Å². The Hall–Kier alpha value is -4.11. The van der Waals surface area contributed by atoms with E-state index in [4.69, 9.17) is 4.74 Å². The van der Waals surface area contributed by atoms with E-state index in [0.717, 1.165) is 18.7 Å². The van der Waals surface area contributed by atoms with Gasteiger partial charge in [0, 0.05) is 69.0 Å². The number of fused-ring (bicyclic) bond motifs is 1. The second-order valence-electron chi connectivity index (χ2n) is 8.87. The van der Waals surface area contributed by atoms with Crippen LogP contribution < -0.4 is 25.6 Å². The van der Waals surface area contributed by atoms with E-state index in [1.807, 2.05) is 6.07 Å². The van der Waals surface area contributed by atoms with E-state index in [1.165, 1.54) is 11.3 Å². The van der Waals surface area contributed by atoms with Crippen LogP contribution in [0, 0.1) is 6.92 Å². The van der Waals surface area contributed by atoms with Gasteiger partial charge >= 0.3 is 0 Å². The predicted octanol–water partition coefficient (Wildman–Crippen LogP) is 3.26. The van der Waals surface area contributed by atoms with Gasteiger partial charge in [0.05, 0.1) is 0 Å². The van der Waals surface area contributed by atoms with E-state index in [1.54, 1.807) is 35.4 Å². The number of carbonyl (C=O) groups excluding carboxylic acids is 2. The topological polar surface area (TPSA) is 98.8 Å². The fourth-order valence-corrected chi connectivity index (χ4v) is 4.06. The van der Waals surface area contributed by atoms with Crippen molar-refractivity contribution in [3.8, 4) is 5.75 Å². The lowest BCUT2D eigenvalue weighted by atomic mass is 10.1. The van der Waals surface area contributed by atoms with E-state index in [2.05, 4.69) is 71.1 Å². The molecule has 0 aliphatic carbocycles. The van der Waals surface area contributed by atoms with Crippen LogP contribution in [0.3, 0.4) is 0 Å². The zero-order valence-corrected chi connectivity index (χ0v) is 20.8. The Morgan fingerprint density at radius 1 is 1.14 bits per heavy atom. The van der Waals surface area contributed by atoms with Crippen molar-refractivity contribution in [1.29, 1.82) is 0 Å². The maximum atomic E-state index is 12.9. The summed E-state index contributed by atoms with van der Waals surface area (Å²) in [6.45, 7) is 4.98.